The number of carbonyl (C=O) groups excluding carboxylic acids is 1. The standard InChI is InChI=1S/C20H22ClN5O3S/c1-20(2,3)13-5-8-15(9-6-13)30(28,29)24-16-10-7-14(21)11-18(16)26-12-17(23-25-26)19(27)22-4/h5-12,24H,1-4H3,(H,22,27). The van der Waals surface area contributed by atoms with E-state index in [1.807, 2.05) is 0 Å². The van der Waals surface area contributed by atoms with E-state index in [9.17, 15) is 13.2 Å². The largest absolute Gasteiger partial charge is 0.354 e. The van der Waals surface area contributed by atoms with E-state index >= 15 is 0 Å². The molecular formula is C20H22ClN5O3S. The average molecular weight is 448 g/mol. The van der Waals surface area contributed by atoms with Gasteiger partial charge in [0.2, 0.25) is 0 Å². The molecule has 1 amide bonds. The summed E-state index contributed by atoms with van der Waals surface area (Å²) in [6, 6.07) is 11.3. The van der Waals surface area contributed by atoms with Crippen LogP contribution in [0.15, 0.2) is 53.6 Å². The quantitative estimate of drug-likeness (QED) is 0.623. The second-order valence-corrected chi connectivity index (χ2v) is 9.79. The van der Waals surface area contributed by atoms with Gasteiger partial charge in [-0.05, 0) is 41.3 Å². The molecule has 0 fully saturated rings. The Morgan fingerprint density at radius 3 is 2.37 bits per heavy atom. The van der Waals surface area contributed by atoms with E-state index in [0.29, 0.717) is 10.7 Å². The molecule has 0 saturated heterocycles. The summed E-state index contributed by atoms with van der Waals surface area (Å²) in [5, 5.41) is 10.5. The molecular weight excluding hydrogens is 426 g/mol. The summed E-state index contributed by atoms with van der Waals surface area (Å²) in [6.07, 6.45) is 1.39. The number of aromatic nitrogens is 3. The number of hydrogen-bond acceptors (Lipinski definition) is 5. The number of carbonyl (C=O) groups is 1. The molecule has 158 valence electrons. The minimum atomic E-state index is -3.87. The predicted molar refractivity (Wildman–Crippen MR) is 116 cm³/mol. The van der Waals surface area contributed by atoms with E-state index in [2.05, 4.69) is 41.1 Å². The summed E-state index contributed by atoms with van der Waals surface area (Å²) >= 11 is 6.09. The molecule has 0 aliphatic rings. The Morgan fingerprint density at radius 2 is 1.77 bits per heavy atom. The van der Waals surface area contributed by atoms with Crippen LogP contribution in [-0.2, 0) is 15.4 Å². The highest BCUT2D eigenvalue weighted by molar-refractivity contribution is 7.92. The maximum absolute atomic E-state index is 12.9. The van der Waals surface area contributed by atoms with Crippen molar-refractivity contribution in [1.29, 1.82) is 0 Å². The van der Waals surface area contributed by atoms with Crippen LogP contribution in [0.5, 0.6) is 0 Å². The van der Waals surface area contributed by atoms with Crippen LogP contribution in [-0.4, -0.2) is 36.4 Å². The number of nitrogens with one attached hydrogen (secondary N) is 2. The first-order chi connectivity index (χ1) is 14.0. The zero-order chi connectivity index (χ0) is 22.1. The van der Waals surface area contributed by atoms with Gasteiger partial charge in [-0.3, -0.25) is 9.52 Å². The zero-order valence-electron chi connectivity index (χ0n) is 17.0. The first-order valence-corrected chi connectivity index (χ1v) is 10.9. The van der Waals surface area contributed by atoms with Crippen LogP contribution in [0.2, 0.25) is 5.02 Å². The lowest BCUT2D eigenvalue weighted by Crippen LogP contribution is -2.18. The van der Waals surface area contributed by atoms with Crippen LogP contribution in [0, 0.1) is 0 Å². The molecule has 0 bridgehead atoms. The molecule has 0 unspecified atom stereocenters. The second kappa shape index (κ2) is 8.08. The van der Waals surface area contributed by atoms with Gasteiger partial charge in [0.05, 0.1) is 22.5 Å². The van der Waals surface area contributed by atoms with Gasteiger partial charge in [0.15, 0.2) is 5.69 Å². The van der Waals surface area contributed by atoms with Gasteiger partial charge in [0.25, 0.3) is 15.9 Å². The van der Waals surface area contributed by atoms with Gasteiger partial charge >= 0.3 is 0 Å². The Morgan fingerprint density at radius 1 is 1.10 bits per heavy atom. The zero-order valence-corrected chi connectivity index (χ0v) is 18.5. The SMILES string of the molecule is CNC(=O)c1cn(-c2cc(Cl)ccc2NS(=O)(=O)c2ccc(C(C)(C)C)cc2)nn1. The van der Waals surface area contributed by atoms with E-state index in [1.165, 1.54) is 30.1 Å². The third kappa shape index (κ3) is 4.63. The lowest BCUT2D eigenvalue weighted by atomic mass is 9.87. The Kier molecular flexibility index (Phi) is 5.87. The fraction of sp³-hybridized carbons (Fsp3) is 0.250. The van der Waals surface area contributed by atoms with E-state index < -0.39 is 15.9 Å². The van der Waals surface area contributed by atoms with Crippen LogP contribution >= 0.6 is 11.6 Å². The normalized spacial score (nSPS) is 11.9. The highest BCUT2D eigenvalue weighted by Crippen LogP contribution is 2.28. The maximum Gasteiger partial charge on any atom is 0.273 e. The summed E-state index contributed by atoms with van der Waals surface area (Å²) in [7, 11) is -2.39. The summed E-state index contributed by atoms with van der Waals surface area (Å²) in [5.74, 6) is -0.413. The third-order valence-corrected chi connectivity index (χ3v) is 6.05. The number of hydrogen-bond donors (Lipinski definition) is 2. The molecule has 0 atom stereocenters. The Labute approximate surface area is 180 Å². The van der Waals surface area contributed by atoms with Gasteiger partial charge in [0.1, 0.15) is 0 Å². The molecule has 10 heteroatoms. The van der Waals surface area contributed by atoms with E-state index in [-0.39, 0.29) is 21.7 Å². The van der Waals surface area contributed by atoms with Crippen molar-refractivity contribution in [2.45, 2.75) is 31.1 Å². The number of rotatable bonds is 5. The molecule has 0 aliphatic carbocycles. The molecule has 3 rings (SSSR count). The fourth-order valence-corrected chi connectivity index (χ4v) is 3.97. The highest BCUT2D eigenvalue weighted by atomic mass is 35.5. The molecule has 30 heavy (non-hydrogen) atoms. The van der Waals surface area contributed by atoms with Gasteiger partial charge in [-0.25, -0.2) is 13.1 Å². The molecule has 0 radical (unpaired) electrons. The molecule has 1 aromatic heterocycles. The number of amides is 1. The minimum Gasteiger partial charge on any atom is -0.354 e. The van der Waals surface area contributed by atoms with Crippen molar-refractivity contribution in [3.63, 3.8) is 0 Å². The van der Waals surface area contributed by atoms with Gasteiger partial charge in [-0.1, -0.05) is 49.7 Å². The first-order valence-electron chi connectivity index (χ1n) is 9.09. The van der Waals surface area contributed by atoms with Crippen LogP contribution < -0.4 is 10.0 Å². The molecule has 3 aromatic rings. The van der Waals surface area contributed by atoms with E-state index in [0.717, 1.165) is 5.56 Å². The fourth-order valence-electron chi connectivity index (χ4n) is 2.73. The van der Waals surface area contributed by atoms with Crippen LogP contribution in [0.25, 0.3) is 5.69 Å². The molecule has 0 saturated carbocycles. The summed E-state index contributed by atoms with van der Waals surface area (Å²) in [5.41, 5.74) is 1.60. The lowest BCUT2D eigenvalue weighted by molar-refractivity contribution is 0.0958. The van der Waals surface area contributed by atoms with Crippen molar-refractivity contribution in [2.24, 2.45) is 0 Å². The Hall–Kier alpha value is -2.91. The Bertz CT molecular complexity index is 1180. The monoisotopic (exact) mass is 447 g/mol. The van der Waals surface area contributed by atoms with Crippen molar-refractivity contribution in [2.75, 3.05) is 11.8 Å². The number of halogens is 1. The Balaban J connectivity index is 1.97. The van der Waals surface area contributed by atoms with Crippen LogP contribution in [0.3, 0.4) is 0 Å². The summed E-state index contributed by atoms with van der Waals surface area (Å²) in [6.45, 7) is 6.17. The van der Waals surface area contributed by atoms with Crippen LogP contribution in [0.1, 0.15) is 36.8 Å². The second-order valence-electron chi connectivity index (χ2n) is 7.67. The van der Waals surface area contributed by atoms with E-state index in [4.69, 9.17) is 11.6 Å². The summed E-state index contributed by atoms with van der Waals surface area (Å²) < 4.78 is 29.7. The first kappa shape index (κ1) is 21.8. The third-order valence-electron chi connectivity index (χ3n) is 4.43. The highest BCUT2D eigenvalue weighted by Gasteiger charge is 2.20. The van der Waals surface area contributed by atoms with Gasteiger partial charge in [-0.2, -0.15) is 0 Å². The van der Waals surface area contributed by atoms with Crippen molar-refractivity contribution in [1.82, 2.24) is 20.3 Å². The molecule has 0 spiro atoms. The molecule has 2 aromatic carbocycles. The van der Waals surface area contributed by atoms with Crippen molar-refractivity contribution >= 4 is 33.2 Å². The lowest BCUT2D eigenvalue weighted by Gasteiger charge is -2.19. The molecule has 2 N–H and O–H groups in total. The van der Waals surface area contributed by atoms with Gasteiger partial charge in [-0.15, -0.1) is 5.10 Å². The smallest absolute Gasteiger partial charge is 0.273 e. The van der Waals surface area contributed by atoms with Crippen molar-refractivity contribution in [3.8, 4) is 5.69 Å². The molecule has 1 heterocycles. The number of anilines is 1. The summed E-state index contributed by atoms with van der Waals surface area (Å²) in [4.78, 5) is 11.9. The van der Waals surface area contributed by atoms with Crippen molar-refractivity contribution in [3.05, 3.63) is 64.9 Å². The van der Waals surface area contributed by atoms with Gasteiger partial charge < -0.3 is 5.32 Å². The van der Waals surface area contributed by atoms with Crippen LogP contribution in [0.4, 0.5) is 5.69 Å². The number of sulfonamides is 1. The maximum atomic E-state index is 12.9. The minimum absolute atomic E-state index is 0.0871. The topological polar surface area (TPSA) is 106 Å². The molecule has 0 aliphatic heterocycles. The van der Waals surface area contributed by atoms with Crippen molar-refractivity contribution < 1.29 is 13.2 Å². The van der Waals surface area contributed by atoms with Gasteiger partial charge in [0, 0.05) is 12.1 Å². The molecule has 8 nitrogen and oxygen atoms in total. The number of nitrogens with zero attached hydrogens (tertiary/aromatic N) is 3. The number of benzene rings is 2. The predicted octanol–water partition coefficient (Wildman–Crippen LogP) is 3.38. The average Bonchev–Trinajstić information content (AvgIpc) is 3.18. The van der Waals surface area contributed by atoms with E-state index in [1.54, 1.807) is 30.3 Å².